The molecular weight excluding hydrogens is 451 g/mol. The van der Waals surface area contributed by atoms with Gasteiger partial charge in [-0.15, -0.1) is 0 Å². The van der Waals surface area contributed by atoms with Crippen molar-refractivity contribution in [3.8, 4) is 5.69 Å². The second kappa shape index (κ2) is 6.59. The Hall–Kier alpha value is -3.32. The summed E-state index contributed by atoms with van der Waals surface area (Å²) < 4.78 is 44.9. The Morgan fingerprint density at radius 1 is 1.19 bits per heavy atom. The predicted molar refractivity (Wildman–Crippen MR) is 109 cm³/mol. The largest absolute Gasteiger partial charge is 0.431 e. The van der Waals surface area contributed by atoms with Crippen molar-refractivity contribution >= 4 is 33.4 Å². The van der Waals surface area contributed by atoms with Crippen LogP contribution < -0.4 is 16.6 Å². The van der Waals surface area contributed by atoms with Gasteiger partial charge in [0, 0.05) is 18.5 Å². The summed E-state index contributed by atoms with van der Waals surface area (Å²) in [5.41, 5.74) is -7.51. The molecule has 9 nitrogen and oxygen atoms in total. The van der Waals surface area contributed by atoms with Gasteiger partial charge < -0.3 is 10.4 Å². The summed E-state index contributed by atoms with van der Waals surface area (Å²) in [6, 6.07) is 4.45. The number of carbonyl (C=O) groups is 1. The highest BCUT2D eigenvalue weighted by Gasteiger charge is 2.61. The molecule has 0 radical (unpaired) electrons. The Labute approximate surface area is 181 Å². The van der Waals surface area contributed by atoms with Crippen LogP contribution in [0.15, 0.2) is 33.9 Å². The van der Waals surface area contributed by atoms with Crippen molar-refractivity contribution in [3.63, 3.8) is 0 Å². The SMILES string of the molecule is Cn1c(C(F)(F)F)cc(=O)n(-c2ccc3snc(C4(O)C(=O)NC(=N)C4(C)C)c3c2)c1=O. The van der Waals surface area contributed by atoms with Gasteiger partial charge in [-0.3, -0.25) is 19.6 Å². The summed E-state index contributed by atoms with van der Waals surface area (Å²) in [7, 11) is 0.900. The molecular formula is C19H16F3N5O4S. The smallest absolute Gasteiger partial charge is 0.373 e. The van der Waals surface area contributed by atoms with Crippen LogP contribution in [0.4, 0.5) is 13.2 Å². The number of carbonyl (C=O) groups excluding carboxylic acids is 1. The summed E-state index contributed by atoms with van der Waals surface area (Å²) in [5.74, 6) is -1.07. The summed E-state index contributed by atoms with van der Waals surface area (Å²) in [6.07, 6.45) is -4.89. The first kappa shape index (κ1) is 21.9. The minimum absolute atomic E-state index is 0.0619. The number of hydrogen-bond acceptors (Lipinski definition) is 7. The number of aromatic nitrogens is 3. The Bertz CT molecular complexity index is 1440. The minimum Gasteiger partial charge on any atom is -0.373 e. The van der Waals surface area contributed by atoms with Gasteiger partial charge in [0.1, 0.15) is 17.2 Å². The third kappa shape index (κ3) is 2.77. The van der Waals surface area contributed by atoms with Crippen molar-refractivity contribution in [1.82, 2.24) is 18.8 Å². The van der Waals surface area contributed by atoms with Gasteiger partial charge in [-0.05, 0) is 43.6 Å². The summed E-state index contributed by atoms with van der Waals surface area (Å²) in [6.45, 7) is 2.97. The lowest BCUT2D eigenvalue weighted by Gasteiger charge is -2.31. The zero-order chi connectivity index (χ0) is 23.8. The van der Waals surface area contributed by atoms with E-state index in [1.165, 1.54) is 32.0 Å². The Morgan fingerprint density at radius 3 is 2.41 bits per heavy atom. The van der Waals surface area contributed by atoms with Crippen LogP contribution in [0.25, 0.3) is 15.8 Å². The van der Waals surface area contributed by atoms with Crippen molar-refractivity contribution < 1.29 is 23.1 Å². The highest BCUT2D eigenvalue weighted by atomic mass is 32.1. The van der Waals surface area contributed by atoms with Gasteiger partial charge in [0.15, 0.2) is 5.60 Å². The normalized spacial score (nSPS) is 20.7. The third-order valence-electron chi connectivity index (χ3n) is 5.76. The van der Waals surface area contributed by atoms with Crippen molar-refractivity contribution in [1.29, 1.82) is 5.41 Å². The number of alkyl halides is 3. The van der Waals surface area contributed by atoms with E-state index in [0.717, 1.165) is 18.6 Å². The third-order valence-corrected chi connectivity index (χ3v) is 6.59. The van der Waals surface area contributed by atoms with Crippen LogP contribution in [0.1, 0.15) is 25.2 Å². The quantitative estimate of drug-likeness (QED) is 0.526. The van der Waals surface area contributed by atoms with E-state index in [1.807, 2.05) is 0 Å². The number of amidine groups is 1. The highest BCUT2D eigenvalue weighted by Crippen LogP contribution is 2.46. The number of amides is 1. The van der Waals surface area contributed by atoms with Crippen LogP contribution in [0.2, 0.25) is 0 Å². The van der Waals surface area contributed by atoms with Crippen LogP contribution >= 0.6 is 11.5 Å². The lowest BCUT2D eigenvalue weighted by Crippen LogP contribution is -2.45. The van der Waals surface area contributed by atoms with Crippen LogP contribution in [0, 0.1) is 10.8 Å². The molecule has 1 aliphatic rings. The van der Waals surface area contributed by atoms with Crippen LogP contribution in [0.5, 0.6) is 0 Å². The van der Waals surface area contributed by atoms with Gasteiger partial charge in [0.25, 0.3) is 11.5 Å². The van der Waals surface area contributed by atoms with Crippen molar-refractivity contribution in [2.75, 3.05) is 0 Å². The summed E-state index contributed by atoms with van der Waals surface area (Å²) in [5, 5.41) is 21.8. The number of rotatable bonds is 2. The Balaban J connectivity index is 1.98. The Kier molecular flexibility index (Phi) is 4.51. The van der Waals surface area contributed by atoms with E-state index < -0.39 is 40.0 Å². The lowest BCUT2D eigenvalue weighted by molar-refractivity contribution is -0.144. The van der Waals surface area contributed by atoms with Crippen LogP contribution in [-0.4, -0.2) is 30.4 Å². The first-order valence-electron chi connectivity index (χ1n) is 9.14. The average molecular weight is 467 g/mol. The molecule has 13 heteroatoms. The molecule has 0 bridgehead atoms. The molecule has 0 saturated carbocycles. The number of nitrogens with zero attached hydrogens (tertiary/aromatic N) is 3. The number of aliphatic hydroxyl groups is 1. The highest BCUT2D eigenvalue weighted by molar-refractivity contribution is 7.13. The topological polar surface area (TPSA) is 130 Å². The van der Waals surface area contributed by atoms with Crippen molar-refractivity contribution in [2.24, 2.45) is 12.5 Å². The number of benzene rings is 1. The lowest BCUT2D eigenvalue weighted by atomic mass is 9.74. The summed E-state index contributed by atoms with van der Waals surface area (Å²) in [4.78, 5) is 37.6. The fourth-order valence-electron chi connectivity index (χ4n) is 3.69. The maximum Gasteiger partial charge on any atom is 0.431 e. The molecule has 32 heavy (non-hydrogen) atoms. The van der Waals surface area contributed by atoms with Gasteiger partial charge in [-0.2, -0.15) is 17.5 Å². The van der Waals surface area contributed by atoms with E-state index in [-0.39, 0.29) is 22.6 Å². The number of fused-ring (bicyclic) bond motifs is 1. The van der Waals surface area contributed by atoms with Gasteiger partial charge in [-0.1, -0.05) is 0 Å². The standard InChI is InChI=1S/C19H16F3N5O4S/c1-17(2)14(23)24-15(29)18(17,31)13-9-6-8(4-5-10(9)32-25-13)27-12(28)7-11(19(20,21)22)26(3)16(27)30/h4-7,31H,1-3H3,(H2,23,24,29). The molecule has 0 aliphatic carbocycles. The molecule has 3 N–H and O–H groups in total. The molecule has 1 atom stereocenters. The fraction of sp³-hybridized carbons (Fsp3) is 0.316. The van der Waals surface area contributed by atoms with E-state index in [4.69, 9.17) is 5.41 Å². The van der Waals surface area contributed by atoms with Gasteiger partial charge in [0.2, 0.25) is 0 Å². The first-order chi connectivity index (χ1) is 14.7. The van der Waals surface area contributed by atoms with E-state index in [0.29, 0.717) is 19.9 Å². The van der Waals surface area contributed by atoms with Gasteiger partial charge in [0.05, 0.1) is 15.8 Å². The zero-order valence-electron chi connectivity index (χ0n) is 16.9. The molecule has 2 aromatic heterocycles. The summed E-state index contributed by atoms with van der Waals surface area (Å²) >= 11 is 0.945. The number of nitrogens with one attached hydrogen (secondary N) is 2. The zero-order valence-corrected chi connectivity index (χ0v) is 17.7. The predicted octanol–water partition coefficient (Wildman–Crippen LogP) is 1.49. The van der Waals surface area contributed by atoms with E-state index in [1.54, 1.807) is 0 Å². The number of halogens is 3. The van der Waals surface area contributed by atoms with E-state index in [9.17, 15) is 32.7 Å². The minimum atomic E-state index is -4.89. The average Bonchev–Trinajstić information content (AvgIpc) is 3.18. The number of hydrogen-bond donors (Lipinski definition) is 3. The second-order valence-electron chi connectivity index (χ2n) is 7.92. The molecule has 3 aromatic rings. The van der Waals surface area contributed by atoms with Crippen LogP contribution in [0.3, 0.4) is 0 Å². The fourth-order valence-corrected chi connectivity index (χ4v) is 4.49. The van der Waals surface area contributed by atoms with Crippen molar-refractivity contribution in [2.45, 2.75) is 25.6 Å². The molecule has 1 fully saturated rings. The second-order valence-corrected chi connectivity index (χ2v) is 8.72. The molecule has 0 spiro atoms. The maximum atomic E-state index is 13.1. The molecule has 168 valence electrons. The molecule has 1 amide bonds. The molecule has 1 saturated heterocycles. The molecule has 1 aromatic carbocycles. The van der Waals surface area contributed by atoms with E-state index in [2.05, 4.69) is 9.69 Å². The molecule has 1 aliphatic heterocycles. The Morgan fingerprint density at radius 2 is 1.84 bits per heavy atom. The molecule has 3 heterocycles. The monoisotopic (exact) mass is 467 g/mol. The first-order valence-corrected chi connectivity index (χ1v) is 9.92. The molecule has 1 unspecified atom stereocenters. The van der Waals surface area contributed by atoms with Gasteiger partial charge >= 0.3 is 11.9 Å². The molecule has 4 rings (SSSR count). The van der Waals surface area contributed by atoms with E-state index >= 15 is 0 Å². The van der Waals surface area contributed by atoms with Crippen LogP contribution in [-0.2, 0) is 23.6 Å². The maximum absolute atomic E-state index is 13.1. The van der Waals surface area contributed by atoms with Gasteiger partial charge in [-0.25, -0.2) is 9.36 Å². The van der Waals surface area contributed by atoms with Crippen molar-refractivity contribution in [3.05, 3.63) is 56.5 Å².